The van der Waals surface area contributed by atoms with E-state index < -0.39 is 0 Å². The normalized spacial score (nSPS) is 29.9. The molecule has 1 aliphatic rings. The van der Waals surface area contributed by atoms with Crippen molar-refractivity contribution in [2.24, 2.45) is 0 Å². The Morgan fingerprint density at radius 1 is 1.43 bits per heavy atom. The predicted octanol–water partition coefficient (Wildman–Crippen LogP) is 2.78. The van der Waals surface area contributed by atoms with Crippen molar-refractivity contribution in [1.29, 1.82) is 0 Å². The quantitative estimate of drug-likeness (QED) is 0.731. The number of thioether (sulfide) groups is 2. The average molecular weight is 231 g/mol. The van der Waals surface area contributed by atoms with Gasteiger partial charge in [-0.3, -0.25) is 0 Å². The van der Waals surface area contributed by atoms with Crippen LogP contribution in [-0.4, -0.2) is 34.6 Å². The zero-order valence-corrected chi connectivity index (χ0v) is 10.8. The predicted molar refractivity (Wildman–Crippen MR) is 70.4 cm³/mol. The van der Waals surface area contributed by atoms with E-state index in [9.17, 15) is 0 Å². The minimum Gasteiger partial charge on any atom is -0.310 e. The average Bonchev–Trinajstić information content (AvgIpc) is 2.26. The van der Waals surface area contributed by atoms with Crippen LogP contribution in [0.5, 0.6) is 0 Å². The highest BCUT2D eigenvalue weighted by Gasteiger charge is 2.29. The third-order valence-corrected chi connectivity index (χ3v) is 5.91. The molecule has 0 aromatic heterocycles. The van der Waals surface area contributed by atoms with Crippen molar-refractivity contribution >= 4 is 23.5 Å². The molecule has 0 bridgehead atoms. The summed E-state index contributed by atoms with van der Waals surface area (Å²) in [7, 11) is 0. The van der Waals surface area contributed by atoms with Gasteiger partial charge in [-0.1, -0.05) is 19.9 Å². The summed E-state index contributed by atoms with van der Waals surface area (Å²) in [4.78, 5) is 0. The highest BCUT2D eigenvalue weighted by atomic mass is 32.2. The van der Waals surface area contributed by atoms with E-state index in [1.807, 2.05) is 0 Å². The highest BCUT2D eigenvalue weighted by Crippen LogP contribution is 2.35. The first-order valence-corrected chi connectivity index (χ1v) is 7.52. The Labute approximate surface area is 96.5 Å². The van der Waals surface area contributed by atoms with E-state index in [1.54, 1.807) is 0 Å². The molecule has 3 atom stereocenters. The molecule has 1 N–H and O–H groups in total. The van der Waals surface area contributed by atoms with Gasteiger partial charge in [0.1, 0.15) is 0 Å². The third kappa shape index (κ3) is 3.21. The Bertz CT molecular complexity index is 173. The van der Waals surface area contributed by atoms with E-state index >= 15 is 0 Å². The molecule has 0 aromatic carbocycles. The van der Waals surface area contributed by atoms with Gasteiger partial charge in [-0.25, -0.2) is 0 Å². The second kappa shape index (κ2) is 6.81. The summed E-state index contributed by atoms with van der Waals surface area (Å²) in [5.74, 6) is 2.61. The SMILES string of the molecule is C=CC(NCC)C1SCCSC1CC. The first kappa shape index (κ1) is 12.5. The summed E-state index contributed by atoms with van der Waals surface area (Å²) in [5.41, 5.74) is 0. The zero-order valence-electron chi connectivity index (χ0n) is 9.16. The summed E-state index contributed by atoms with van der Waals surface area (Å²) < 4.78 is 0. The fourth-order valence-electron chi connectivity index (χ4n) is 1.84. The summed E-state index contributed by atoms with van der Waals surface area (Å²) >= 11 is 4.25. The topological polar surface area (TPSA) is 12.0 Å². The Kier molecular flexibility index (Phi) is 6.06. The van der Waals surface area contributed by atoms with Crippen molar-refractivity contribution in [3.63, 3.8) is 0 Å². The number of hydrogen-bond acceptors (Lipinski definition) is 3. The molecule has 1 nitrogen and oxygen atoms in total. The molecule has 3 unspecified atom stereocenters. The molecular weight excluding hydrogens is 210 g/mol. The van der Waals surface area contributed by atoms with E-state index in [1.165, 1.54) is 17.9 Å². The summed E-state index contributed by atoms with van der Waals surface area (Å²) in [5, 5.41) is 5.03. The van der Waals surface area contributed by atoms with E-state index in [0.29, 0.717) is 6.04 Å². The van der Waals surface area contributed by atoms with Crippen LogP contribution in [-0.2, 0) is 0 Å². The van der Waals surface area contributed by atoms with Crippen molar-refractivity contribution in [3.8, 4) is 0 Å². The van der Waals surface area contributed by atoms with Crippen LogP contribution >= 0.6 is 23.5 Å². The molecule has 0 aromatic rings. The second-order valence-corrected chi connectivity index (χ2v) is 6.11. The molecule has 1 aliphatic heterocycles. The highest BCUT2D eigenvalue weighted by molar-refractivity contribution is 8.07. The minimum atomic E-state index is 0.489. The number of nitrogens with one attached hydrogen (secondary N) is 1. The molecule has 3 heteroatoms. The van der Waals surface area contributed by atoms with Crippen LogP contribution in [0.25, 0.3) is 0 Å². The van der Waals surface area contributed by atoms with Crippen LogP contribution in [0.15, 0.2) is 12.7 Å². The van der Waals surface area contributed by atoms with Crippen LogP contribution in [0, 0.1) is 0 Å². The van der Waals surface area contributed by atoms with Gasteiger partial charge in [0, 0.05) is 28.0 Å². The lowest BCUT2D eigenvalue weighted by Gasteiger charge is -2.34. The molecular formula is C11H21NS2. The molecule has 0 saturated carbocycles. The van der Waals surface area contributed by atoms with E-state index in [4.69, 9.17) is 0 Å². The largest absolute Gasteiger partial charge is 0.310 e. The van der Waals surface area contributed by atoms with Gasteiger partial charge in [-0.15, -0.1) is 6.58 Å². The van der Waals surface area contributed by atoms with Crippen molar-refractivity contribution in [2.45, 2.75) is 36.8 Å². The maximum atomic E-state index is 3.94. The van der Waals surface area contributed by atoms with Gasteiger partial charge in [-0.05, 0) is 13.0 Å². The Morgan fingerprint density at radius 3 is 2.71 bits per heavy atom. The van der Waals surface area contributed by atoms with Crippen molar-refractivity contribution in [3.05, 3.63) is 12.7 Å². The first-order chi connectivity index (χ1) is 6.83. The maximum Gasteiger partial charge on any atom is 0.0378 e. The van der Waals surface area contributed by atoms with Gasteiger partial charge < -0.3 is 5.32 Å². The molecule has 1 saturated heterocycles. The van der Waals surface area contributed by atoms with E-state index in [2.05, 4.69) is 55.3 Å². The molecule has 1 rings (SSSR count). The van der Waals surface area contributed by atoms with Gasteiger partial charge in [0.25, 0.3) is 0 Å². The van der Waals surface area contributed by atoms with Crippen LogP contribution in [0.2, 0.25) is 0 Å². The Hall–Kier alpha value is 0.400. The monoisotopic (exact) mass is 231 g/mol. The fraction of sp³-hybridized carbons (Fsp3) is 0.818. The molecule has 0 aliphatic carbocycles. The van der Waals surface area contributed by atoms with Crippen molar-refractivity contribution in [1.82, 2.24) is 5.32 Å². The van der Waals surface area contributed by atoms with Gasteiger partial charge in [-0.2, -0.15) is 23.5 Å². The van der Waals surface area contributed by atoms with Crippen LogP contribution in [0.1, 0.15) is 20.3 Å². The minimum absolute atomic E-state index is 0.489. The lowest BCUT2D eigenvalue weighted by atomic mass is 10.1. The smallest absolute Gasteiger partial charge is 0.0378 e. The molecule has 1 heterocycles. The standard InChI is InChI=1S/C11H21NS2/c1-4-9(12-6-3)11-10(5-2)13-7-8-14-11/h4,9-12H,1,5-8H2,2-3H3. The fourth-order valence-corrected chi connectivity index (χ4v) is 5.07. The number of rotatable bonds is 5. The molecule has 14 heavy (non-hydrogen) atoms. The molecule has 1 fully saturated rings. The molecule has 82 valence electrons. The summed E-state index contributed by atoms with van der Waals surface area (Å²) in [6.45, 7) is 9.43. The number of likely N-dealkylation sites (N-methyl/N-ethyl adjacent to an activating group) is 1. The number of hydrogen-bond donors (Lipinski definition) is 1. The third-order valence-electron chi connectivity index (χ3n) is 2.54. The van der Waals surface area contributed by atoms with E-state index in [0.717, 1.165) is 17.0 Å². The van der Waals surface area contributed by atoms with Crippen molar-refractivity contribution < 1.29 is 0 Å². The van der Waals surface area contributed by atoms with Gasteiger partial charge >= 0.3 is 0 Å². The lowest BCUT2D eigenvalue weighted by Crippen LogP contribution is -2.43. The Balaban J connectivity index is 2.55. The maximum absolute atomic E-state index is 3.94. The molecule has 0 spiro atoms. The van der Waals surface area contributed by atoms with Gasteiger partial charge in [0.15, 0.2) is 0 Å². The van der Waals surface area contributed by atoms with Crippen LogP contribution in [0.4, 0.5) is 0 Å². The lowest BCUT2D eigenvalue weighted by molar-refractivity contribution is 0.568. The van der Waals surface area contributed by atoms with Gasteiger partial charge in [0.05, 0.1) is 0 Å². The Morgan fingerprint density at radius 2 is 2.14 bits per heavy atom. The first-order valence-electron chi connectivity index (χ1n) is 5.42. The van der Waals surface area contributed by atoms with Gasteiger partial charge in [0.2, 0.25) is 0 Å². The van der Waals surface area contributed by atoms with Crippen LogP contribution < -0.4 is 5.32 Å². The summed E-state index contributed by atoms with van der Waals surface area (Å²) in [6.07, 6.45) is 3.35. The zero-order chi connectivity index (χ0) is 10.4. The summed E-state index contributed by atoms with van der Waals surface area (Å²) in [6, 6.07) is 0.489. The molecule has 0 radical (unpaired) electrons. The molecule has 0 amide bonds. The van der Waals surface area contributed by atoms with Crippen LogP contribution in [0.3, 0.4) is 0 Å². The second-order valence-electron chi connectivity index (χ2n) is 3.47. The van der Waals surface area contributed by atoms with E-state index in [-0.39, 0.29) is 0 Å². The van der Waals surface area contributed by atoms with Crippen molar-refractivity contribution in [2.75, 3.05) is 18.1 Å².